The normalized spacial score (nSPS) is 21.8. The van der Waals surface area contributed by atoms with E-state index >= 15 is 0 Å². The lowest BCUT2D eigenvalue weighted by Gasteiger charge is -2.38. The molecule has 10 heteroatoms. The van der Waals surface area contributed by atoms with E-state index in [9.17, 15) is 18.0 Å². The van der Waals surface area contributed by atoms with Gasteiger partial charge in [0.05, 0.1) is 27.4 Å². The number of hydrogen-bond donors (Lipinski definition) is 1. The Morgan fingerprint density at radius 1 is 1.09 bits per heavy atom. The Morgan fingerprint density at radius 3 is 2.38 bits per heavy atom. The highest BCUT2D eigenvalue weighted by atomic mass is 35.5. The van der Waals surface area contributed by atoms with Gasteiger partial charge in [-0.15, -0.1) is 0 Å². The summed E-state index contributed by atoms with van der Waals surface area (Å²) in [5.41, 5.74) is -0.476. The van der Waals surface area contributed by atoms with Gasteiger partial charge >= 0.3 is 6.18 Å². The number of alkyl halides is 3. The quantitative estimate of drug-likeness (QED) is 0.435. The zero-order valence-electron chi connectivity index (χ0n) is 19.1. The maximum Gasteiger partial charge on any atom is 0.417 e. The van der Waals surface area contributed by atoms with Gasteiger partial charge in [-0.3, -0.25) is 9.69 Å². The minimum atomic E-state index is -4.52. The van der Waals surface area contributed by atoms with Crippen molar-refractivity contribution >= 4 is 34.8 Å². The fourth-order valence-electron chi connectivity index (χ4n) is 4.80. The molecule has 1 aliphatic heterocycles. The molecule has 1 amide bonds. The predicted molar refractivity (Wildman–Crippen MR) is 128 cm³/mol. The minimum Gasteiger partial charge on any atom is -0.368 e. The highest BCUT2D eigenvalue weighted by Crippen LogP contribution is 2.40. The van der Waals surface area contributed by atoms with Crippen molar-refractivity contribution in [2.24, 2.45) is 5.92 Å². The SMILES string of the molecule is N#CCCCC(=O)NC1CCC(CCN2CCN(c3cc(C(F)(F)F)c(Cl)cc3Cl)CC2)CC1. The van der Waals surface area contributed by atoms with E-state index in [0.717, 1.165) is 57.8 Å². The number of rotatable bonds is 8. The molecule has 0 unspecified atom stereocenters. The van der Waals surface area contributed by atoms with Crippen molar-refractivity contribution in [3.63, 3.8) is 0 Å². The monoisotopic (exact) mass is 518 g/mol. The maximum atomic E-state index is 13.2. The van der Waals surface area contributed by atoms with Gasteiger partial charge < -0.3 is 10.2 Å². The van der Waals surface area contributed by atoms with Crippen LogP contribution in [0.3, 0.4) is 0 Å². The number of benzene rings is 1. The van der Waals surface area contributed by atoms with Gasteiger partial charge in [-0.1, -0.05) is 23.2 Å². The number of unbranched alkanes of at least 4 members (excludes halogenated alkanes) is 1. The third kappa shape index (κ3) is 7.66. The standard InChI is InChI=1S/C24H31Cl2F3N4O/c25-20-16-21(26)22(15-19(20)24(27,28)29)33-13-11-32(12-14-33)10-8-17-4-6-18(7-5-17)31-23(34)3-1-2-9-30/h15-18H,1-8,10-14H2,(H,31,34). The van der Waals surface area contributed by atoms with E-state index < -0.39 is 11.7 Å². The first-order valence-corrected chi connectivity index (χ1v) is 12.6. The summed E-state index contributed by atoms with van der Waals surface area (Å²) in [5, 5.41) is 11.5. The molecule has 5 nitrogen and oxygen atoms in total. The van der Waals surface area contributed by atoms with E-state index in [1.54, 1.807) is 0 Å². The molecule has 1 saturated heterocycles. The Balaban J connectivity index is 1.39. The van der Waals surface area contributed by atoms with Crippen LogP contribution in [0.5, 0.6) is 0 Å². The lowest BCUT2D eigenvalue weighted by molar-refractivity contribution is -0.137. The average Bonchev–Trinajstić information content (AvgIpc) is 2.78. The summed E-state index contributed by atoms with van der Waals surface area (Å²) in [5.74, 6) is 0.671. The van der Waals surface area contributed by atoms with Crippen LogP contribution in [0, 0.1) is 17.2 Å². The summed E-state index contributed by atoms with van der Waals surface area (Å²) < 4.78 is 39.7. The molecule has 2 aliphatic rings. The van der Waals surface area contributed by atoms with E-state index in [1.165, 1.54) is 6.07 Å². The Morgan fingerprint density at radius 2 is 1.76 bits per heavy atom. The Labute approximate surface area is 209 Å². The maximum absolute atomic E-state index is 13.2. The van der Waals surface area contributed by atoms with E-state index in [1.807, 2.05) is 4.90 Å². The number of anilines is 1. The van der Waals surface area contributed by atoms with Crippen molar-refractivity contribution in [1.82, 2.24) is 10.2 Å². The molecule has 0 aromatic heterocycles. The van der Waals surface area contributed by atoms with E-state index in [0.29, 0.717) is 44.0 Å². The van der Waals surface area contributed by atoms with E-state index in [2.05, 4.69) is 16.3 Å². The molecule has 34 heavy (non-hydrogen) atoms. The van der Waals surface area contributed by atoms with Gasteiger partial charge in [0.1, 0.15) is 0 Å². The zero-order chi connectivity index (χ0) is 24.7. The molecule has 1 heterocycles. The Kier molecular flexibility index (Phi) is 9.75. The van der Waals surface area contributed by atoms with Crippen LogP contribution in [0.2, 0.25) is 10.0 Å². The second-order valence-corrected chi connectivity index (χ2v) is 10.0. The van der Waals surface area contributed by atoms with Crippen molar-refractivity contribution in [2.45, 2.75) is 63.6 Å². The molecule has 188 valence electrons. The molecule has 0 radical (unpaired) electrons. The largest absolute Gasteiger partial charge is 0.417 e. The van der Waals surface area contributed by atoms with Crippen LogP contribution >= 0.6 is 23.2 Å². The first-order chi connectivity index (χ1) is 16.2. The molecular formula is C24H31Cl2F3N4O. The van der Waals surface area contributed by atoms with Gasteiger partial charge in [0.2, 0.25) is 5.91 Å². The van der Waals surface area contributed by atoms with Crippen molar-refractivity contribution in [3.8, 4) is 6.07 Å². The fraction of sp³-hybridized carbons (Fsp3) is 0.667. The molecular weight excluding hydrogens is 488 g/mol. The van der Waals surface area contributed by atoms with Crippen LogP contribution in [-0.4, -0.2) is 49.6 Å². The molecule has 0 atom stereocenters. The van der Waals surface area contributed by atoms with Crippen LogP contribution in [0.25, 0.3) is 0 Å². The first kappa shape index (κ1) is 26.9. The average molecular weight is 519 g/mol. The molecule has 1 aliphatic carbocycles. The number of carbonyl (C=O) groups is 1. The third-order valence-electron chi connectivity index (χ3n) is 6.81. The van der Waals surface area contributed by atoms with Crippen LogP contribution in [0.4, 0.5) is 18.9 Å². The second-order valence-electron chi connectivity index (χ2n) is 9.20. The number of halogens is 5. The summed E-state index contributed by atoms with van der Waals surface area (Å²) in [6.07, 6.45) is 2.15. The smallest absolute Gasteiger partial charge is 0.368 e. The molecule has 0 spiro atoms. The van der Waals surface area contributed by atoms with E-state index in [4.69, 9.17) is 28.5 Å². The number of carbonyl (C=O) groups excluding carboxylic acids is 1. The lowest BCUT2D eigenvalue weighted by Crippen LogP contribution is -2.47. The van der Waals surface area contributed by atoms with Crippen LogP contribution in [-0.2, 0) is 11.0 Å². The summed E-state index contributed by atoms with van der Waals surface area (Å²) in [7, 11) is 0. The lowest BCUT2D eigenvalue weighted by atomic mass is 9.84. The van der Waals surface area contributed by atoms with Crippen molar-refractivity contribution in [2.75, 3.05) is 37.6 Å². The third-order valence-corrected chi connectivity index (χ3v) is 7.43. The number of amides is 1. The van der Waals surface area contributed by atoms with Gasteiger partial charge in [0.25, 0.3) is 0 Å². The van der Waals surface area contributed by atoms with Crippen LogP contribution in [0.15, 0.2) is 12.1 Å². The highest BCUT2D eigenvalue weighted by molar-refractivity contribution is 6.36. The molecule has 0 bridgehead atoms. The van der Waals surface area contributed by atoms with Gasteiger partial charge in [-0.05, 0) is 63.1 Å². The van der Waals surface area contributed by atoms with Crippen LogP contribution in [0.1, 0.15) is 56.9 Å². The molecule has 1 aromatic rings. The van der Waals surface area contributed by atoms with Gasteiger partial charge in [0, 0.05) is 45.1 Å². The molecule has 1 saturated carbocycles. The Bertz CT molecular complexity index is 874. The molecule has 1 aromatic carbocycles. The highest BCUT2D eigenvalue weighted by Gasteiger charge is 2.35. The number of nitriles is 1. The summed E-state index contributed by atoms with van der Waals surface area (Å²) in [6, 6.07) is 4.53. The number of nitrogens with zero attached hydrogens (tertiary/aromatic N) is 3. The first-order valence-electron chi connectivity index (χ1n) is 11.9. The van der Waals surface area contributed by atoms with Crippen LogP contribution < -0.4 is 10.2 Å². The fourth-order valence-corrected chi connectivity index (χ4v) is 5.41. The minimum absolute atomic E-state index is 0.0414. The predicted octanol–water partition coefficient (Wildman–Crippen LogP) is 5.89. The van der Waals surface area contributed by atoms with Gasteiger partial charge in [-0.2, -0.15) is 18.4 Å². The van der Waals surface area contributed by atoms with Crippen molar-refractivity contribution in [3.05, 3.63) is 27.7 Å². The number of nitrogens with one attached hydrogen (secondary N) is 1. The van der Waals surface area contributed by atoms with Crippen molar-refractivity contribution < 1.29 is 18.0 Å². The molecule has 1 N–H and O–H groups in total. The summed E-state index contributed by atoms with van der Waals surface area (Å²) in [4.78, 5) is 16.2. The van der Waals surface area contributed by atoms with Crippen molar-refractivity contribution in [1.29, 1.82) is 5.26 Å². The van der Waals surface area contributed by atoms with E-state index in [-0.39, 0.29) is 22.0 Å². The summed E-state index contributed by atoms with van der Waals surface area (Å²) in [6.45, 7) is 3.74. The van der Waals surface area contributed by atoms with Gasteiger partial charge in [-0.25, -0.2) is 0 Å². The Hall–Kier alpha value is -1.69. The zero-order valence-corrected chi connectivity index (χ0v) is 20.7. The second kappa shape index (κ2) is 12.3. The van der Waals surface area contributed by atoms with Gasteiger partial charge in [0.15, 0.2) is 0 Å². The molecule has 2 fully saturated rings. The number of piperazine rings is 1. The topological polar surface area (TPSA) is 59.4 Å². The number of hydrogen-bond acceptors (Lipinski definition) is 4. The molecule has 3 rings (SSSR count). The summed E-state index contributed by atoms with van der Waals surface area (Å²) >= 11 is 12.0.